The third kappa shape index (κ3) is 2.23. The van der Waals surface area contributed by atoms with Crippen LogP contribution in [0.2, 0.25) is 0 Å². The molecule has 2 fully saturated rings. The monoisotopic (exact) mass is 294 g/mol. The zero-order valence-electron chi connectivity index (χ0n) is 9.98. The maximum atomic E-state index is 6.16. The van der Waals surface area contributed by atoms with Gasteiger partial charge >= 0.3 is 0 Å². The predicted molar refractivity (Wildman–Crippen MR) is 75.3 cm³/mol. The molecule has 2 atom stereocenters. The van der Waals surface area contributed by atoms with Crippen LogP contribution < -0.4 is 10.6 Å². The van der Waals surface area contributed by atoms with Gasteiger partial charge in [0.1, 0.15) is 0 Å². The van der Waals surface area contributed by atoms with Crippen LogP contribution in [0.5, 0.6) is 0 Å². The second-order valence-corrected chi connectivity index (χ2v) is 6.27. The van der Waals surface area contributed by atoms with Gasteiger partial charge in [0.15, 0.2) is 0 Å². The Hall–Kier alpha value is -0.540. The molecule has 92 valence electrons. The molecule has 0 aromatic heterocycles. The van der Waals surface area contributed by atoms with Crippen molar-refractivity contribution >= 4 is 21.6 Å². The molecule has 3 heteroatoms. The van der Waals surface area contributed by atoms with Crippen molar-refractivity contribution < 1.29 is 0 Å². The van der Waals surface area contributed by atoms with E-state index in [0.29, 0.717) is 18.1 Å². The summed E-state index contributed by atoms with van der Waals surface area (Å²) >= 11 is 3.57. The van der Waals surface area contributed by atoms with Crippen molar-refractivity contribution in [1.82, 2.24) is 0 Å². The highest BCUT2D eigenvalue weighted by atomic mass is 79.9. The molecule has 2 aliphatic rings. The highest BCUT2D eigenvalue weighted by molar-refractivity contribution is 9.10. The highest BCUT2D eigenvalue weighted by Gasteiger charge is 2.36. The van der Waals surface area contributed by atoms with Crippen molar-refractivity contribution in [3.8, 4) is 0 Å². The van der Waals surface area contributed by atoms with Crippen LogP contribution in [0.1, 0.15) is 32.1 Å². The van der Waals surface area contributed by atoms with E-state index >= 15 is 0 Å². The standard InChI is InChI=1S/C14H19BrN2/c15-10-3-1-4-12(7-10)17-13-5-2-6-14(17)9-11(16)8-13/h1,3-4,7,11,13-14H,2,5-6,8-9,16H2. The van der Waals surface area contributed by atoms with Gasteiger partial charge in [-0.1, -0.05) is 22.0 Å². The van der Waals surface area contributed by atoms with Gasteiger partial charge in [0.25, 0.3) is 0 Å². The summed E-state index contributed by atoms with van der Waals surface area (Å²) < 4.78 is 1.17. The summed E-state index contributed by atoms with van der Waals surface area (Å²) in [6, 6.07) is 10.4. The first-order valence-electron chi connectivity index (χ1n) is 6.53. The Bertz CT molecular complexity index is 393. The van der Waals surface area contributed by atoms with Crippen LogP contribution in [0.15, 0.2) is 28.7 Å². The molecule has 2 nitrogen and oxygen atoms in total. The molecule has 17 heavy (non-hydrogen) atoms. The van der Waals surface area contributed by atoms with Crippen molar-refractivity contribution in [2.75, 3.05) is 4.90 Å². The van der Waals surface area contributed by atoms with Gasteiger partial charge in [0.2, 0.25) is 0 Å². The van der Waals surface area contributed by atoms with Gasteiger partial charge in [-0.05, 0) is 50.3 Å². The van der Waals surface area contributed by atoms with Crippen molar-refractivity contribution in [2.24, 2.45) is 5.73 Å². The van der Waals surface area contributed by atoms with Gasteiger partial charge in [-0.25, -0.2) is 0 Å². The minimum absolute atomic E-state index is 0.411. The third-order valence-electron chi connectivity index (χ3n) is 4.12. The van der Waals surface area contributed by atoms with Gasteiger partial charge in [0.05, 0.1) is 0 Å². The third-order valence-corrected chi connectivity index (χ3v) is 4.61. The zero-order chi connectivity index (χ0) is 11.8. The molecule has 0 amide bonds. The van der Waals surface area contributed by atoms with Gasteiger partial charge in [-0.3, -0.25) is 0 Å². The number of hydrogen-bond donors (Lipinski definition) is 1. The smallest absolute Gasteiger partial charge is 0.0382 e. The number of fused-ring (bicyclic) bond motifs is 2. The quantitative estimate of drug-likeness (QED) is 0.861. The van der Waals surface area contributed by atoms with E-state index < -0.39 is 0 Å². The predicted octanol–water partition coefficient (Wildman–Crippen LogP) is 3.30. The number of nitrogens with two attached hydrogens (primary N) is 1. The van der Waals surface area contributed by atoms with Crippen molar-refractivity contribution in [1.29, 1.82) is 0 Å². The van der Waals surface area contributed by atoms with E-state index in [2.05, 4.69) is 45.1 Å². The van der Waals surface area contributed by atoms with Crippen LogP contribution in [-0.4, -0.2) is 18.1 Å². The van der Waals surface area contributed by atoms with Gasteiger partial charge in [-0.2, -0.15) is 0 Å². The van der Waals surface area contributed by atoms with Crippen LogP contribution in [0, 0.1) is 0 Å². The molecule has 1 aromatic carbocycles. The Morgan fingerprint density at radius 2 is 1.88 bits per heavy atom. The lowest BCUT2D eigenvalue weighted by Crippen LogP contribution is -2.55. The van der Waals surface area contributed by atoms with E-state index in [4.69, 9.17) is 5.73 Å². The zero-order valence-corrected chi connectivity index (χ0v) is 11.6. The van der Waals surface area contributed by atoms with Gasteiger partial charge in [0, 0.05) is 28.3 Å². The topological polar surface area (TPSA) is 29.3 Å². The van der Waals surface area contributed by atoms with Crippen LogP contribution in [0.25, 0.3) is 0 Å². The molecule has 2 aliphatic heterocycles. The summed E-state index contributed by atoms with van der Waals surface area (Å²) in [4.78, 5) is 2.62. The Morgan fingerprint density at radius 1 is 1.18 bits per heavy atom. The molecular weight excluding hydrogens is 276 g/mol. The molecule has 0 aliphatic carbocycles. The van der Waals surface area contributed by atoms with E-state index in [-0.39, 0.29) is 0 Å². The summed E-state index contributed by atoms with van der Waals surface area (Å²) in [5, 5.41) is 0. The summed E-state index contributed by atoms with van der Waals surface area (Å²) in [5.74, 6) is 0. The number of benzene rings is 1. The highest BCUT2D eigenvalue weighted by Crippen LogP contribution is 2.37. The summed E-state index contributed by atoms with van der Waals surface area (Å²) in [5.41, 5.74) is 7.52. The Morgan fingerprint density at radius 3 is 2.53 bits per heavy atom. The van der Waals surface area contributed by atoms with Crippen molar-refractivity contribution in [3.63, 3.8) is 0 Å². The van der Waals surface area contributed by atoms with Crippen LogP contribution in [-0.2, 0) is 0 Å². The molecule has 1 aromatic rings. The fourth-order valence-electron chi connectivity index (χ4n) is 3.48. The first-order chi connectivity index (χ1) is 8.24. The minimum atomic E-state index is 0.411. The van der Waals surface area contributed by atoms with Gasteiger partial charge < -0.3 is 10.6 Å². The number of anilines is 1. The Balaban J connectivity index is 1.91. The summed E-state index contributed by atoms with van der Waals surface area (Å²) in [7, 11) is 0. The van der Waals surface area contributed by atoms with E-state index in [0.717, 1.165) is 12.8 Å². The summed E-state index contributed by atoms with van der Waals surface area (Å²) in [6.07, 6.45) is 6.28. The molecule has 0 spiro atoms. The van der Waals surface area contributed by atoms with Crippen LogP contribution in [0.3, 0.4) is 0 Å². The van der Waals surface area contributed by atoms with Crippen molar-refractivity contribution in [3.05, 3.63) is 28.7 Å². The number of piperidine rings is 2. The molecule has 2 N–H and O–H groups in total. The first-order valence-corrected chi connectivity index (χ1v) is 7.33. The second kappa shape index (κ2) is 4.62. The molecule has 0 radical (unpaired) electrons. The van der Waals surface area contributed by atoms with Crippen LogP contribution >= 0.6 is 15.9 Å². The van der Waals surface area contributed by atoms with E-state index in [1.807, 2.05) is 0 Å². The first kappa shape index (κ1) is 11.5. The van der Waals surface area contributed by atoms with Gasteiger partial charge in [-0.15, -0.1) is 0 Å². The molecule has 2 bridgehead atoms. The largest absolute Gasteiger partial charge is 0.365 e. The minimum Gasteiger partial charge on any atom is -0.365 e. The lowest BCUT2D eigenvalue weighted by Gasteiger charge is -2.49. The average Bonchev–Trinajstić information content (AvgIpc) is 2.27. The fraction of sp³-hybridized carbons (Fsp3) is 0.571. The lowest BCUT2D eigenvalue weighted by molar-refractivity contribution is 0.271. The van der Waals surface area contributed by atoms with E-state index in [1.54, 1.807) is 0 Å². The molecule has 2 heterocycles. The number of nitrogens with zero attached hydrogens (tertiary/aromatic N) is 1. The Labute approximate surface area is 111 Å². The van der Waals surface area contributed by atoms with E-state index in [1.165, 1.54) is 29.4 Å². The maximum Gasteiger partial charge on any atom is 0.0382 e. The molecular formula is C14H19BrN2. The number of rotatable bonds is 1. The molecule has 2 saturated heterocycles. The fourth-order valence-corrected chi connectivity index (χ4v) is 3.87. The summed E-state index contributed by atoms with van der Waals surface area (Å²) in [6.45, 7) is 0. The average molecular weight is 295 g/mol. The lowest BCUT2D eigenvalue weighted by atomic mass is 9.81. The normalized spacial score (nSPS) is 32.6. The number of hydrogen-bond acceptors (Lipinski definition) is 2. The molecule has 3 rings (SSSR count). The SMILES string of the molecule is NC1CC2CCCC(C1)N2c1cccc(Br)c1. The Kier molecular flexibility index (Phi) is 3.14. The molecule has 0 saturated carbocycles. The number of halogens is 1. The second-order valence-electron chi connectivity index (χ2n) is 5.36. The van der Waals surface area contributed by atoms with Crippen LogP contribution in [0.4, 0.5) is 5.69 Å². The van der Waals surface area contributed by atoms with Crippen molar-refractivity contribution in [2.45, 2.75) is 50.2 Å². The van der Waals surface area contributed by atoms with E-state index in [9.17, 15) is 0 Å². The molecule has 2 unspecified atom stereocenters. The maximum absolute atomic E-state index is 6.16.